The van der Waals surface area contributed by atoms with Gasteiger partial charge in [0.2, 0.25) is 5.89 Å². The lowest BCUT2D eigenvalue weighted by Crippen LogP contribution is -2.39. The zero-order valence-electron chi connectivity index (χ0n) is 17.2. The highest BCUT2D eigenvalue weighted by Crippen LogP contribution is 2.38. The first kappa shape index (κ1) is 20.1. The summed E-state index contributed by atoms with van der Waals surface area (Å²) in [5.74, 6) is 0.251. The molecule has 0 atom stereocenters. The van der Waals surface area contributed by atoms with Crippen LogP contribution in [0.5, 0.6) is 0 Å². The van der Waals surface area contributed by atoms with Gasteiger partial charge in [-0.25, -0.2) is 13.4 Å². The van der Waals surface area contributed by atoms with E-state index in [9.17, 15) is 8.42 Å². The number of nitrogens with zero attached hydrogens (tertiary/aromatic N) is 3. The van der Waals surface area contributed by atoms with Gasteiger partial charge in [-0.3, -0.25) is 4.68 Å². The molecule has 1 fully saturated rings. The summed E-state index contributed by atoms with van der Waals surface area (Å²) in [6.45, 7) is 9.72. The van der Waals surface area contributed by atoms with Crippen LogP contribution in [0.4, 0.5) is 0 Å². The molecule has 0 aliphatic heterocycles. The fraction of sp³-hybridized carbons (Fsp3) is 0.700. The van der Waals surface area contributed by atoms with Crippen LogP contribution in [-0.2, 0) is 27.0 Å². The standard InChI is InChI=1S/C20H31N3O3S/c1-19(2,3)17-12-16(23(6)22-17)15-13-26-18(21-15)20(4,5)27(24,25)14-10-8-7-9-11-14/h12-14H,7-11H2,1-6H3. The number of aromatic nitrogens is 3. The zero-order chi connectivity index (χ0) is 20.0. The largest absolute Gasteiger partial charge is 0.447 e. The molecule has 1 saturated carbocycles. The van der Waals surface area contributed by atoms with Gasteiger partial charge in [-0.2, -0.15) is 5.10 Å². The van der Waals surface area contributed by atoms with Gasteiger partial charge in [0.1, 0.15) is 16.7 Å². The van der Waals surface area contributed by atoms with Crippen molar-refractivity contribution in [3.05, 3.63) is 23.9 Å². The fourth-order valence-electron chi connectivity index (χ4n) is 3.66. The van der Waals surface area contributed by atoms with Crippen molar-refractivity contribution in [2.45, 2.75) is 82.1 Å². The monoisotopic (exact) mass is 393 g/mol. The highest BCUT2D eigenvalue weighted by molar-refractivity contribution is 7.92. The maximum absolute atomic E-state index is 13.2. The Hall–Kier alpha value is -1.63. The Morgan fingerprint density at radius 2 is 1.74 bits per heavy atom. The number of sulfone groups is 1. The molecule has 0 radical (unpaired) electrons. The Kier molecular flexibility index (Phi) is 5.04. The van der Waals surface area contributed by atoms with Gasteiger partial charge < -0.3 is 4.42 Å². The number of hydrogen-bond donors (Lipinski definition) is 0. The van der Waals surface area contributed by atoms with Gasteiger partial charge in [-0.05, 0) is 32.8 Å². The normalized spacial score (nSPS) is 17.4. The Labute approximate surface area is 162 Å². The van der Waals surface area contributed by atoms with Gasteiger partial charge in [0.25, 0.3) is 0 Å². The summed E-state index contributed by atoms with van der Waals surface area (Å²) in [6, 6.07) is 1.99. The molecule has 0 bridgehead atoms. The first-order valence-electron chi connectivity index (χ1n) is 9.69. The molecule has 150 valence electrons. The fourth-order valence-corrected chi connectivity index (χ4v) is 5.78. The third kappa shape index (κ3) is 3.58. The molecule has 6 nitrogen and oxygen atoms in total. The van der Waals surface area contributed by atoms with Gasteiger partial charge in [0.05, 0.1) is 16.6 Å². The van der Waals surface area contributed by atoms with E-state index < -0.39 is 14.6 Å². The predicted octanol–water partition coefficient (Wildman–Crippen LogP) is 4.36. The summed E-state index contributed by atoms with van der Waals surface area (Å²) in [5.41, 5.74) is 2.31. The van der Waals surface area contributed by atoms with E-state index in [1.54, 1.807) is 18.5 Å². The molecule has 1 aliphatic rings. The summed E-state index contributed by atoms with van der Waals surface area (Å²) in [7, 11) is -1.53. The first-order chi connectivity index (χ1) is 12.4. The van der Waals surface area contributed by atoms with Gasteiger partial charge in [-0.1, -0.05) is 40.0 Å². The van der Waals surface area contributed by atoms with Crippen molar-refractivity contribution < 1.29 is 12.8 Å². The van der Waals surface area contributed by atoms with Crippen LogP contribution < -0.4 is 0 Å². The van der Waals surface area contributed by atoms with Crippen LogP contribution in [0.25, 0.3) is 11.4 Å². The van der Waals surface area contributed by atoms with Crippen LogP contribution in [0.2, 0.25) is 0 Å². The molecule has 0 amide bonds. The van der Waals surface area contributed by atoms with E-state index in [1.807, 2.05) is 13.1 Å². The topological polar surface area (TPSA) is 78.0 Å². The molecule has 0 aromatic carbocycles. The summed E-state index contributed by atoms with van der Waals surface area (Å²) in [6.07, 6.45) is 6.07. The van der Waals surface area contributed by atoms with Crippen molar-refractivity contribution >= 4 is 9.84 Å². The Morgan fingerprint density at radius 3 is 2.30 bits per heavy atom. The maximum Gasteiger partial charge on any atom is 0.215 e. The summed E-state index contributed by atoms with van der Waals surface area (Å²) in [4.78, 5) is 4.56. The minimum atomic E-state index is -3.39. The molecule has 0 spiro atoms. The van der Waals surface area contributed by atoms with Crippen molar-refractivity contribution in [1.82, 2.24) is 14.8 Å². The summed E-state index contributed by atoms with van der Waals surface area (Å²) >= 11 is 0. The van der Waals surface area contributed by atoms with Crippen LogP contribution in [0.1, 0.15) is 78.3 Å². The Morgan fingerprint density at radius 1 is 1.11 bits per heavy atom. The van der Waals surface area contributed by atoms with Crippen molar-refractivity contribution in [3.63, 3.8) is 0 Å². The van der Waals surface area contributed by atoms with Gasteiger partial charge in [-0.15, -0.1) is 0 Å². The molecule has 0 saturated heterocycles. The first-order valence-corrected chi connectivity index (χ1v) is 11.2. The quantitative estimate of drug-likeness (QED) is 0.771. The van der Waals surface area contributed by atoms with E-state index in [-0.39, 0.29) is 16.6 Å². The lowest BCUT2D eigenvalue weighted by molar-refractivity contribution is 0.415. The van der Waals surface area contributed by atoms with Crippen LogP contribution in [0, 0.1) is 0 Å². The molecule has 2 aromatic heterocycles. The minimum absolute atomic E-state index is 0.0772. The van der Waals surface area contributed by atoms with Crippen LogP contribution in [-0.4, -0.2) is 28.4 Å². The minimum Gasteiger partial charge on any atom is -0.447 e. The van der Waals surface area contributed by atoms with E-state index >= 15 is 0 Å². The number of oxazole rings is 1. The van der Waals surface area contributed by atoms with Gasteiger partial charge in [0.15, 0.2) is 9.84 Å². The molecular formula is C20H31N3O3S. The molecule has 2 aromatic rings. The lowest BCUT2D eigenvalue weighted by Gasteiger charge is -2.29. The SMILES string of the molecule is Cn1nc(C(C)(C)C)cc1-c1coc(C(C)(C)S(=O)(=O)C2CCCCC2)n1. The second kappa shape index (κ2) is 6.76. The smallest absolute Gasteiger partial charge is 0.215 e. The lowest BCUT2D eigenvalue weighted by atomic mass is 9.92. The van der Waals surface area contributed by atoms with Crippen molar-refractivity contribution in [2.75, 3.05) is 0 Å². The summed E-state index contributed by atoms with van der Waals surface area (Å²) < 4.78 is 32.8. The average molecular weight is 394 g/mol. The van der Waals surface area contributed by atoms with Crippen LogP contribution >= 0.6 is 0 Å². The third-order valence-electron chi connectivity index (χ3n) is 5.63. The second-order valence-electron chi connectivity index (χ2n) is 9.14. The Balaban J connectivity index is 1.94. The van der Waals surface area contributed by atoms with Crippen molar-refractivity contribution in [3.8, 4) is 11.4 Å². The molecule has 0 N–H and O–H groups in total. The number of rotatable bonds is 4. The van der Waals surface area contributed by atoms with Gasteiger partial charge in [0, 0.05) is 12.5 Å². The number of aryl methyl sites for hydroxylation is 1. The van der Waals surface area contributed by atoms with E-state index in [0.717, 1.165) is 43.5 Å². The molecular weight excluding hydrogens is 362 g/mol. The molecule has 0 unspecified atom stereocenters. The van der Waals surface area contributed by atoms with E-state index in [0.29, 0.717) is 5.69 Å². The molecule has 7 heteroatoms. The molecule has 2 heterocycles. The van der Waals surface area contributed by atoms with Crippen LogP contribution in [0.3, 0.4) is 0 Å². The van der Waals surface area contributed by atoms with E-state index in [4.69, 9.17) is 4.42 Å². The predicted molar refractivity (Wildman–Crippen MR) is 106 cm³/mol. The van der Waals surface area contributed by atoms with E-state index in [1.165, 1.54) is 6.26 Å². The zero-order valence-corrected chi connectivity index (χ0v) is 18.1. The van der Waals surface area contributed by atoms with Crippen molar-refractivity contribution in [1.29, 1.82) is 0 Å². The summed E-state index contributed by atoms with van der Waals surface area (Å²) in [5, 5.41) is 4.26. The highest BCUT2D eigenvalue weighted by Gasteiger charge is 2.45. The highest BCUT2D eigenvalue weighted by atomic mass is 32.2. The van der Waals surface area contributed by atoms with E-state index in [2.05, 4.69) is 30.9 Å². The van der Waals surface area contributed by atoms with Crippen molar-refractivity contribution in [2.24, 2.45) is 7.05 Å². The molecule has 3 rings (SSSR count). The molecule has 1 aliphatic carbocycles. The Bertz CT molecular complexity index is 911. The maximum atomic E-state index is 13.2. The van der Waals surface area contributed by atoms with Crippen LogP contribution in [0.15, 0.2) is 16.7 Å². The van der Waals surface area contributed by atoms with Gasteiger partial charge >= 0.3 is 0 Å². The number of hydrogen-bond acceptors (Lipinski definition) is 5. The third-order valence-corrected chi connectivity index (χ3v) is 8.58. The average Bonchev–Trinajstić information content (AvgIpc) is 3.22. The molecule has 27 heavy (non-hydrogen) atoms. The second-order valence-corrected chi connectivity index (χ2v) is 11.9.